The molecule has 1 N–H and O–H groups in total. The number of fused-ring (bicyclic) bond motifs is 1. The summed E-state index contributed by atoms with van der Waals surface area (Å²) in [5.74, 6) is -0.0180. The van der Waals surface area contributed by atoms with Crippen LogP contribution in [0.2, 0.25) is 0 Å². The monoisotopic (exact) mass is 481 g/mol. The molecule has 35 heavy (non-hydrogen) atoms. The molecule has 10 heteroatoms. The Hall–Kier alpha value is -4.21. The molecule has 0 saturated carbocycles. The predicted molar refractivity (Wildman–Crippen MR) is 127 cm³/mol. The minimum Gasteiger partial charge on any atom is -0.493 e. The number of ether oxygens (including phenoxy) is 3. The van der Waals surface area contributed by atoms with Crippen LogP contribution in [0.4, 0.5) is 5.69 Å². The summed E-state index contributed by atoms with van der Waals surface area (Å²) in [6.07, 6.45) is 1.54. The summed E-state index contributed by atoms with van der Waals surface area (Å²) in [7, 11) is 3.01. The number of hydrogen-bond acceptors (Lipinski definition) is 7. The maximum Gasteiger partial charge on any atom is 0.325 e. The third kappa shape index (κ3) is 4.23. The van der Waals surface area contributed by atoms with Crippen molar-refractivity contribution in [1.82, 2.24) is 9.88 Å². The Labute approximate surface area is 202 Å². The van der Waals surface area contributed by atoms with Gasteiger partial charge in [0.05, 0.1) is 39.3 Å². The van der Waals surface area contributed by atoms with Crippen molar-refractivity contribution in [2.75, 3.05) is 32.3 Å². The molecule has 3 aromatic rings. The molecule has 1 aliphatic heterocycles. The van der Waals surface area contributed by atoms with Gasteiger partial charge in [-0.1, -0.05) is 0 Å². The van der Waals surface area contributed by atoms with Crippen LogP contribution < -0.4 is 19.7 Å². The lowest BCUT2D eigenvalue weighted by Gasteiger charge is -2.44. The number of esters is 1. The Morgan fingerprint density at radius 2 is 1.83 bits per heavy atom. The van der Waals surface area contributed by atoms with E-state index >= 15 is 0 Å². The molecule has 0 fully saturated rings. The first-order valence-corrected chi connectivity index (χ1v) is 11.1. The smallest absolute Gasteiger partial charge is 0.325 e. The van der Waals surface area contributed by atoms with Crippen molar-refractivity contribution < 1.29 is 33.0 Å². The van der Waals surface area contributed by atoms with E-state index in [1.165, 1.54) is 19.1 Å². The Balaban J connectivity index is 1.80. The zero-order chi connectivity index (χ0) is 25.2. The van der Waals surface area contributed by atoms with E-state index in [0.29, 0.717) is 34.3 Å². The van der Waals surface area contributed by atoms with Gasteiger partial charge in [-0.2, -0.15) is 0 Å². The van der Waals surface area contributed by atoms with Gasteiger partial charge in [-0.25, -0.2) is 0 Å². The standard InChI is InChI=1S/C25H27N3O7/c1-5-34-22(29)14-26-24(31)25(2)15-27-17(19-7-6-12-35-19)9-10-18(27)23(30)28(25)16-8-11-20(32-3)21(13-16)33-4/h6-13H,5,14-15H2,1-4H3,(H,26,31). The number of methoxy groups -OCH3 is 2. The Morgan fingerprint density at radius 1 is 1.09 bits per heavy atom. The molecule has 0 radical (unpaired) electrons. The Morgan fingerprint density at radius 3 is 2.49 bits per heavy atom. The quantitative estimate of drug-likeness (QED) is 0.493. The van der Waals surface area contributed by atoms with Crippen LogP contribution in [0.5, 0.6) is 11.5 Å². The average Bonchev–Trinajstić information content (AvgIpc) is 3.52. The number of amides is 2. The molecule has 0 spiro atoms. The molecule has 1 aliphatic rings. The number of rotatable bonds is 8. The van der Waals surface area contributed by atoms with Gasteiger partial charge in [0, 0.05) is 11.8 Å². The number of nitrogens with zero attached hydrogens (tertiary/aromatic N) is 2. The summed E-state index contributed by atoms with van der Waals surface area (Å²) in [6, 6.07) is 12.0. The number of aromatic nitrogens is 1. The van der Waals surface area contributed by atoms with E-state index in [0.717, 1.165) is 0 Å². The van der Waals surface area contributed by atoms with E-state index in [1.54, 1.807) is 67.1 Å². The average molecular weight is 482 g/mol. The lowest BCUT2D eigenvalue weighted by atomic mass is 9.93. The second-order valence-electron chi connectivity index (χ2n) is 8.11. The predicted octanol–water partition coefficient (Wildman–Crippen LogP) is 2.86. The fraction of sp³-hybridized carbons (Fsp3) is 0.320. The van der Waals surface area contributed by atoms with E-state index in [1.807, 2.05) is 0 Å². The number of anilines is 1. The van der Waals surface area contributed by atoms with E-state index in [4.69, 9.17) is 18.6 Å². The maximum atomic E-state index is 13.8. The summed E-state index contributed by atoms with van der Waals surface area (Å²) in [5, 5.41) is 2.63. The number of carbonyl (C=O) groups is 3. The molecule has 1 unspecified atom stereocenters. The molecule has 184 valence electrons. The minimum atomic E-state index is -1.41. The normalized spacial score (nSPS) is 17.0. The topological polar surface area (TPSA) is 112 Å². The molecule has 3 heterocycles. The van der Waals surface area contributed by atoms with Crippen molar-refractivity contribution in [3.8, 4) is 23.0 Å². The van der Waals surface area contributed by atoms with Gasteiger partial charge in [0.25, 0.3) is 5.91 Å². The largest absolute Gasteiger partial charge is 0.493 e. The molecule has 10 nitrogen and oxygen atoms in total. The van der Waals surface area contributed by atoms with Crippen LogP contribution >= 0.6 is 0 Å². The highest BCUT2D eigenvalue weighted by molar-refractivity contribution is 6.12. The van der Waals surface area contributed by atoms with Crippen molar-refractivity contribution >= 4 is 23.5 Å². The summed E-state index contributed by atoms with van der Waals surface area (Å²) in [4.78, 5) is 40.7. The van der Waals surface area contributed by atoms with Gasteiger partial charge in [0.1, 0.15) is 23.5 Å². The second kappa shape index (κ2) is 9.57. The van der Waals surface area contributed by atoms with Crippen LogP contribution in [-0.2, 0) is 20.9 Å². The van der Waals surface area contributed by atoms with Crippen molar-refractivity contribution in [2.24, 2.45) is 0 Å². The van der Waals surface area contributed by atoms with E-state index in [9.17, 15) is 14.4 Å². The highest BCUT2D eigenvalue weighted by Gasteiger charge is 2.49. The van der Waals surface area contributed by atoms with E-state index in [2.05, 4.69) is 5.32 Å². The zero-order valence-corrected chi connectivity index (χ0v) is 20.0. The van der Waals surface area contributed by atoms with Crippen LogP contribution in [0.25, 0.3) is 11.5 Å². The number of furan rings is 1. The molecule has 1 aromatic carbocycles. The van der Waals surface area contributed by atoms with Crippen LogP contribution in [0, 0.1) is 0 Å². The van der Waals surface area contributed by atoms with Gasteiger partial charge in [-0.3, -0.25) is 19.3 Å². The van der Waals surface area contributed by atoms with Gasteiger partial charge in [0.2, 0.25) is 5.91 Å². The molecule has 4 rings (SSSR count). The van der Waals surface area contributed by atoms with Gasteiger partial charge >= 0.3 is 5.97 Å². The van der Waals surface area contributed by atoms with E-state index < -0.39 is 23.3 Å². The number of nitrogens with one attached hydrogen (secondary N) is 1. The van der Waals surface area contributed by atoms with Gasteiger partial charge in [0.15, 0.2) is 11.5 Å². The molecule has 0 saturated heterocycles. The molecular weight excluding hydrogens is 454 g/mol. The van der Waals surface area contributed by atoms with Crippen LogP contribution in [0.15, 0.2) is 53.1 Å². The van der Waals surface area contributed by atoms with Crippen LogP contribution in [-0.4, -0.2) is 55.3 Å². The summed E-state index contributed by atoms with van der Waals surface area (Å²) >= 11 is 0. The highest BCUT2D eigenvalue weighted by atomic mass is 16.5. The van der Waals surface area contributed by atoms with Gasteiger partial charge in [-0.05, 0) is 50.2 Å². The van der Waals surface area contributed by atoms with Crippen molar-refractivity contribution in [1.29, 1.82) is 0 Å². The highest BCUT2D eigenvalue weighted by Crippen LogP contribution is 2.39. The molecule has 2 aromatic heterocycles. The Bertz CT molecular complexity index is 1250. The van der Waals surface area contributed by atoms with Crippen LogP contribution in [0.3, 0.4) is 0 Å². The summed E-state index contributed by atoms with van der Waals surface area (Å²) < 4.78 is 23.0. The summed E-state index contributed by atoms with van der Waals surface area (Å²) in [6.45, 7) is 3.32. The first kappa shape index (κ1) is 23.9. The van der Waals surface area contributed by atoms with Gasteiger partial charge < -0.3 is 28.5 Å². The number of carbonyl (C=O) groups excluding carboxylic acids is 3. The first-order valence-electron chi connectivity index (χ1n) is 11.1. The van der Waals surface area contributed by atoms with Crippen molar-refractivity contribution in [3.05, 3.63) is 54.4 Å². The lowest BCUT2D eigenvalue weighted by molar-refractivity contribution is -0.144. The fourth-order valence-corrected chi connectivity index (χ4v) is 4.28. The first-order chi connectivity index (χ1) is 16.8. The van der Waals surface area contributed by atoms with Crippen molar-refractivity contribution in [2.45, 2.75) is 25.9 Å². The third-order valence-corrected chi connectivity index (χ3v) is 5.95. The van der Waals surface area contributed by atoms with Gasteiger partial charge in [-0.15, -0.1) is 0 Å². The fourth-order valence-electron chi connectivity index (χ4n) is 4.28. The SMILES string of the molecule is CCOC(=O)CNC(=O)C1(C)Cn2c(ccc2-c2ccco2)C(=O)N1c1ccc(OC)c(OC)c1. The van der Waals surface area contributed by atoms with E-state index in [-0.39, 0.29) is 19.7 Å². The molecular formula is C25H27N3O7. The second-order valence-corrected chi connectivity index (χ2v) is 8.11. The maximum absolute atomic E-state index is 13.8. The number of hydrogen-bond donors (Lipinski definition) is 1. The number of benzene rings is 1. The summed E-state index contributed by atoms with van der Waals surface area (Å²) in [5.41, 5.74) is 0.0845. The third-order valence-electron chi connectivity index (χ3n) is 5.95. The Kier molecular flexibility index (Phi) is 6.54. The molecule has 2 amide bonds. The lowest BCUT2D eigenvalue weighted by Crippen LogP contribution is -2.64. The minimum absolute atomic E-state index is 0.111. The molecule has 0 aliphatic carbocycles. The molecule has 0 bridgehead atoms. The molecule has 1 atom stereocenters. The van der Waals surface area contributed by atoms with Crippen molar-refractivity contribution in [3.63, 3.8) is 0 Å². The zero-order valence-electron chi connectivity index (χ0n) is 20.0. The van der Waals surface area contributed by atoms with Crippen LogP contribution in [0.1, 0.15) is 24.3 Å².